The molecule has 21 heavy (non-hydrogen) atoms. The summed E-state index contributed by atoms with van der Waals surface area (Å²) in [6.07, 6.45) is 2.24. The van der Waals surface area contributed by atoms with Crippen molar-refractivity contribution in [2.45, 2.75) is 13.3 Å². The van der Waals surface area contributed by atoms with Gasteiger partial charge in [0.25, 0.3) is 5.91 Å². The van der Waals surface area contributed by atoms with Crippen LogP contribution in [0.2, 0.25) is 0 Å². The van der Waals surface area contributed by atoms with Gasteiger partial charge in [0.05, 0.1) is 19.2 Å². The normalized spacial score (nSPS) is 9.48. The number of rotatable bonds is 5. The molecule has 0 unspecified atom stereocenters. The summed E-state index contributed by atoms with van der Waals surface area (Å²) in [5, 5.41) is 0. The van der Waals surface area contributed by atoms with Crippen LogP contribution < -0.4 is 5.73 Å². The first-order valence-electron chi connectivity index (χ1n) is 6.64. The van der Waals surface area contributed by atoms with E-state index in [1.807, 2.05) is 6.92 Å². The lowest BCUT2D eigenvalue weighted by Gasteiger charge is -2.20. The summed E-state index contributed by atoms with van der Waals surface area (Å²) < 4.78 is 4.61. The van der Waals surface area contributed by atoms with Gasteiger partial charge in [-0.15, -0.1) is 0 Å². The van der Waals surface area contributed by atoms with E-state index in [9.17, 15) is 9.59 Å². The fraction of sp³-hybridized carbons (Fsp3) is 0.400. The summed E-state index contributed by atoms with van der Waals surface area (Å²) in [6, 6.07) is 3.40. The smallest absolute Gasteiger partial charge is 0.325 e. The number of carbonyl (C=O) groups is 2. The molecule has 1 aromatic rings. The fourth-order valence-corrected chi connectivity index (χ4v) is 1.72. The Balaban J connectivity index is 3.05. The van der Waals surface area contributed by atoms with Crippen molar-refractivity contribution < 1.29 is 14.3 Å². The number of amides is 1. The largest absolute Gasteiger partial charge is 0.468 e. The van der Waals surface area contributed by atoms with E-state index in [1.165, 1.54) is 18.2 Å². The van der Waals surface area contributed by atoms with Gasteiger partial charge in [-0.3, -0.25) is 9.59 Å². The molecule has 1 rings (SSSR count). The lowest BCUT2D eigenvalue weighted by Crippen LogP contribution is -2.37. The van der Waals surface area contributed by atoms with Gasteiger partial charge in [-0.1, -0.05) is 18.8 Å². The molecule has 112 valence electrons. The number of aromatic nitrogens is 1. The van der Waals surface area contributed by atoms with Gasteiger partial charge in [-0.25, -0.2) is 4.98 Å². The third-order valence-corrected chi connectivity index (χ3v) is 2.66. The van der Waals surface area contributed by atoms with Crippen LogP contribution >= 0.6 is 0 Å². The number of pyridine rings is 1. The highest BCUT2D eigenvalue weighted by atomic mass is 16.5. The highest BCUT2D eigenvalue weighted by molar-refractivity contribution is 5.96. The van der Waals surface area contributed by atoms with Crippen molar-refractivity contribution in [2.75, 3.05) is 26.7 Å². The van der Waals surface area contributed by atoms with Crippen LogP contribution in [0.4, 0.5) is 0 Å². The van der Waals surface area contributed by atoms with Gasteiger partial charge in [-0.05, 0) is 18.6 Å². The van der Waals surface area contributed by atoms with Gasteiger partial charge in [0.1, 0.15) is 12.2 Å². The van der Waals surface area contributed by atoms with Crippen molar-refractivity contribution in [1.29, 1.82) is 0 Å². The maximum atomic E-state index is 12.5. The molecule has 0 aromatic carbocycles. The number of ether oxygens (including phenoxy) is 1. The summed E-state index contributed by atoms with van der Waals surface area (Å²) in [4.78, 5) is 29.4. The molecule has 6 heteroatoms. The number of carbonyl (C=O) groups excluding carboxylic acids is 2. The van der Waals surface area contributed by atoms with Crippen LogP contribution in [0.1, 0.15) is 29.4 Å². The van der Waals surface area contributed by atoms with Crippen LogP contribution in [-0.4, -0.2) is 48.5 Å². The first-order chi connectivity index (χ1) is 10.1. The molecule has 0 bridgehead atoms. The number of esters is 1. The topological polar surface area (TPSA) is 85.5 Å². The molecule has 6 nitrogen and oxygen atoms in total. The van der Waals surface area contributed by atoms with Crippen LogP contribution in [0.25, 0.3) is 0 Å². The molecule has 0 aliphatic heterocycles. The zero-order chi connectivity index (χ0) is 15.7. The van der Waals surface area contributed by atoms with Crippen molar-refractivity contribution in [3.05, 3.63) is 29.6 Å². The predicted octanol–water partition coefficient (Wildman–Crippen LogP) is 0.417. The summed E-state index contributed by atoms with van der Waals surface area (Å²) in [5.74, 6) is 4.70. The molecule has 0 aliphatic carbocycles. The van der Waals surface area contributed by atoms with Crippen molar-refractivity contribution in [1.82, 2.24) is 9.88 Å². The molecule has 0 saturated carbocycles. The van der Waals surface area contributed by atoms with E-state index in [1.54, 1.807) is 12.1 Å². The molecule has 0 fully saturated rings. The minimum Gasteiger partial charge on any atom is -0.468 e. The molecule has 1 aromatic heterocycles. The van der Waals surface area contributed by atoms with Gasteiger partial charge in [-0.2, -0.15) is 0 Å². The van der Waals surface area contributed by atoms with E-state index < -0.39 is 5.97 Å². The van der Waals surface area contributed by atoms with Gasteiger partial charge < -0.3 is 15.4 Å². The Morgan fingerprint density at radius 3 is 2.86 bits per heavy atom. The Labute approximate surface area is 124 Å². The van der Waals surface area contributed by atoms with Crippen LogP contribution in [0.5, 0.6) is 0 Å². The second-order valence-electron chi connectivity index (χ2n) is 4.21. The lowest BCUT2D eigenvalue weighted by atomic mass is 10.1. The van der Waals surface area contributed by atoms with E-state index in [0.29, 0.717) is 12.1 Å². The Morgan fingerprint density at radius 2 is 2.24 bits per heavy atom. The molecular formula is C15H19N3O3. The standard InChI is InChI=1S/C15H19N3O3/c1-3-10-18(11-13(19)21-2)15(20)14-12(6-4-8-16)7-5-9-17-14/h5,7,9H,3,8,10-11,16H2,1-2H3. The molecule has 1 amide bonds. The van der Waals surface area contributed by atoms with Gasteiger partial charge in [0.15, 0.2) is 0 Å². The van der Waals surface area contributed by atoms with Gasteiger partial charge in [0.2, 0.25) is 0 Å². The lowest BCUT2D eigenvalue weighted by molar-refractivity contribution is -0.141. The maximum Gasteiger partial charge on any atom is 0.325 e. The van der Waals surface area contributed by atoms with Crippen LogP contribution in [0.3, 0.4) is 0 Å². The van der Waals surface area contributed by atoms with Crippen LogP contribution in [0.15, 0.2) is 18.3 Å². The van der Waals surface area contributed by atoms with Crippen molar-refractivity contribution >= 4 is 11.9 Å². The average Bonchev–Trinajstić information content (AvgIpc) is 2.51. The molecule has 0 aliphatic rings. The molecule has 0 saturated heterocycles. The summed E-state index contributed by atoms with van der Waals surface area (Å²) in [7, 11) is 1.29. The molecule has 0 atom stereocenters. The van der Waals surface area contributed by atoms with E-state index >= 15 is 0 Å². The van der Waals surface area contributed by atoms with E-state index in [-0.39, 0.29) is 24.7 Å². The first-order valence-corrected chi connectivity index (χ1v) is 6.64. The molecule has 0 spiro atoms. The Bertz CT molecular complexity index is 561. The Hall–Kier alpha value is -2.39. The maximum absolute atomic E-state index is 12.5. The second-order valence-corrected chi connectivity index (χ2v) is 4.21. The van der Waals surface area contributed by atoms with E-state index in [2.05, 4.69) is 21.6 Å². The molecular weight excluding hydrogens is 270 g/mol. The van der Waals surface area contributed by atoms with Crippen molar-refractivity contribution in [2.24, 2.45) is 5.73 Å². The molecule has 1 heterocycles. The zero-order valence-electron chi connectivity index (χ0n) is 12.3. The minimum absolute atomic E-state index is 0.108. The molecule has 2 N–H and O–H groups in total. The predicted molar refractivity (Wildman–Crippen MR) is 78.4 cm³/mol. The van der Waals surface area contributed by atoms with Crippen LogP contribution in [0, 0.1) is 11.8 Å². The van der Waals surface area contributed by atoms with Crippen molar-refractivity contribution in [3.63, 3.8) is 0 Å². The summed E-state index contributed by atoms with van der Waals surface area (Å²) in [6.45, 7) is 2.45. The Morgan fingerprint density at radius 1 is 1.48 bits per heavy atom. The SMILES string of the molecule is CCCN(CC(=O)OC)C(=O)c1ncccc1C#CCN. The number of nitrogens with two attached hydrogens (primary N) is 1. The first kappa shape index (κ1) is 16.7. The average molecular weight is 289 g/mol. The number of methoxy groups -OCH3 is 1. The third kappa shape index (κ3) is 4.89. The summed E-state index contributed by atoms with van der Waals surface area (Å²) in [5.41, 5.74) is 6.06. The number of hydrogen-bond donors (Lipinski definition) is 1. The highest BCUT2D eigenvalue weighted by Crippen LogP contribution is 2.08. The van der Waals surface area contributed by atoms with Gasteiger partial charge >= 0.3 is 5.97 Å². The van der Waals surface area contributed by atoms with E-state index in [4.69, 9.17) is 5.73 Å². The number of hydrogen-bond acceptors (Lipinski definition) is 5. The fourth-order valence-electron chi connectivity index (χ4n) is 1.72. The minimum atomic E-state index is -0.470. The Kier molecular flexibility index (Phi) is 6.92. The quantitative estimate of drug-likeness (QED) is 0.627. The van der Waals surface area contributed by atoms with E-state index in [0.717, 1.165) is 6.42 Å². The monoisotopic (exact) mass is 289 g/mol. The van der Waals surface area contributed by atoms with Crippen molar-refractivity contribution in [3.8, 4) is 11.8 Å². The van der Waals surface area contributed by atoms with Crippen LogP contribution in [-0.2, 0) is 9.53 Å². The summed E-state index contributed by atoms with van der Waals surface area (Å²) >= 11 is 0. The van der Waals surface area contributed by atoms with Gasteiger partial charge in [0, 0.05) is 12.7 Å². The number of nitrogens with zero attached hydrogens (tertiary/aromatic N) is 2. The zero-order valence-corrected chi connectivity index (χ0v) is 12.3. The third-order valence-electron chi connectivity index (χ3n) is 2.66. The highest BCUT2D eigenvalue weighted by Gasteiger charge is 2.21. The molecule has 0 radical (unpaired) electrons. The second kappa shape index (κ2) is 8.72.